The molecule has 0 aromatic heterocycles. The van der Waals surface area contributed by atoms with Crippen molar-refractivity contribution in [1.29, 1.82) is 0 Å². The zero-order valence-electron chi connectivity index (χ0n) is 9.74. The summed E-state index contributed by atoms with van der Waals surface area (Å²) in [6.45, 7) is 0. The Hall–Kier alpha value is -1.05. The lowest BCUT2D eigenvalue weighted by Crippen LogP contribution is -2.04. The summed E-state index contributed by atoms with van der Waals surface area (Å²) in [5, 5.41) is 0.725. The van der Waals surface area contributed by atoms with Crippen LogP contribution in [-0.2, 0) is 6.42 Å². The number of rotatable bonds is 4. The van der Waals surface area contributed by atoms with Crippen LogP contribution in [0.4, 0.5) is 4.39 Å². The number of hydrogen-bond acceptors (Lipinski definition) is 0. The molecule has 18 heavy (non-hydrogen) atoms. The number of benzene rings is 2. The minimum atomic E-state index is -0.224. The Morgan fingerprint density at radius 3 is 2.11 bits per heavy atom. The Bertz CT molecular complexity index is 491. The van der Waals surface area contributed by atoms with Crippen molar-refractivity contribution in [2.24, 2.45) is 0 Å². The topological polar surface area (TPSA) is 0 Å². The smallest absolute Gasteiger partial charge is 0.123 e. The summed E-state index contributed by atoms with van der Waals surface area (Å²) >= 11 is 11.9. The molecule has 0 spiro atoms. The highest BCUT2D eigenvalue weighted by Crippen LogP contribution is 2.23. The molecule has 3 heteroatoms. The first-order valence-corrected chi connectivity index (χ1v) is 6.66. The Morgan fingerprint density at radius 1 is 0.944 bits per heavy atom. The number of hydrogen-bond donors (Lipinski definition) is 0. The molecule has 0 saturated heterocycles. The van der Waals surface area contributed by atoms with Crippen molar-refractivity contribution in [2.45, 2.75) is 12.3 Å². The predicted octanol–water partition coefficient (Wildman–Crippen LogP) is 5.04. The van der Waals surface area contributed by atoms with E-state index in [1.165, 1.54) is 17.7 Å². The van der Waals surface area contributed by atoms with Gasteiger partial charge in [-0.15, -0.1) is 11.6 Å². The van der Waals surface area contributed by atoms with Crippen LogP contribution >= 0.6 is 23.2 Å². The molecule has 94 valence electrons. The molecule has 0 nitrogen and oxygen atoms in total. The van der Waals surface area contributed by atoms with E-state index in [0.29, 0.717) is 5.88 Å². The third kappa shape index (κ3) is 3.47. The summed E-state index contributed by atoms with van der Waals surface area (Å²) in [6.07, 6.45) is 0.826. The van der Waals surface area contributed by atoms with Gasteiger partial charge in [-0.25, -0.2) is 4.39 Å². The van der Waals surface area contributed by atoms with Gasteiger partial charge in [-0.05, 0) is 41.8 Å². The summed E-state index contributed by atoms with van der Waals surface area (Å²) < 4.78 is 12.9. The highest BCUT2D eigenvalue weighted by Gasteiger charge is 2.11. The van der Waals surface area contributed by atoms with E-state index in [2.05, 4.69) is 0 Å². The van der Waals surface area contributed by atoms with Gasteiger partial charge in [-0.1, -0.05) is 35.9 Å². The minimum absolute atomic E-state index is 0.188. The van der Waals surface area contributed by atoms with E-state index >= 15 is 0 Å². The van der Waals surface area contributed by atoms with Crippen molar-refractivity contribution < 1.29 is 4.39 Å². The second-order valence-corrected chi connectivity index (χ2v) is 4.98. The van der Waals surface area contributed by atoms with E-state index in [-0.39, 0.29) is 11.7 Å². The minimum Gasteiger partial charge on any atom is -0.207 e. The van der Waals surface area contributed by atoms with E-state index in [4.69, 9.17) is 23.2 Å². The summed E-state index contributed by atoms with van der Waals surface area (Å²) in [5.74, 6) is 0.473. The lowest BCUT2D eigenvalue weighted by Gasteiger charge is -2.14. The van der Waals surface area contributed by atoms with Gasteiger partial charge in [0.15, 0.2) is 0 Å². The maximum Gasteiger partial charge on any atom is 0.123 e. The molecule has 2 aromatic carbocycles. The summed E-state index contributed by atoms with van der Waals surface area (Å²) in [4.78, 5) is 0. The molecular formula is C15H13Cl2F. The van der Waals surface area contributed by atoms with Gasteiger partial charge < -0.3 is 0 Å². The van der Waals surface area contributed by atoms with Crippen molar-refractivity contribution in [3.05, 3.63) is 70.5 Å². The van der Waals surface area contributed by atoms with E-state index in [9.17, 15) is 4.39 Å². The van der Waals surface area contributed by atoms with E-state index < -0.39 is 0 Å². The SMILES string of the molecule is Fc1ccc(C(CCl)Cc2ccc(Cl)cc2)cc1. The number of alkyl halides is 1. The van der Waals surface area contributed by atoms with Gasteiger partial charge in [-0.3, -0.25) is 0 Å². The summed E-state index contributed by atoms with van der Waals surface area (Å²) in [7, 11) is 0. The van der Waals surface area contributed by atoms with Gasteiger partial charge in [0.05, 0.1) is 0 Å². The predicted molar refractivity (Wildman–Crippen MR) is 75.0 cm³/mol. The first-order valence-electron chi connectivity index (χ1n) is 5.75. The molecule has 0 aliphatic rings. The molecule has 0 saturated carbocycles. The molecule has 0 amide bonds. The highest BCUT2D eigenvalue weighted by molar-refractivity contribution is 6.30. The summed E-state index contributed by atoms with van der Waals surface area (Å²) in [6, 6.07) is 14.2. The molecule has 0 aliphatic heterocycles. The lowest BCUT2D eigenvalue weighted by atomic mass is 9.93. The van der Waals surface area contributed by atoms with Crippen LogP contribution in [-0.4, -0.2) is 5.88 Å². The van der Waals surface area contributed by atoms with E-state index in [0.717, 1.165) is 17.0 Å². The molecule has 0 heterocycles. The second-order valence-electron chi connectivity index (χ2n) is 4.23. The van der Waals surface area contributed by atoms with Gasteiger partial charge in [0.1, 0.15) is 5.82 Å². The van der Waals surface area contributed by atoms with Crippen molar-refractivity contribution in [3.8, 4) is 0 Å². The third-order valence-corrected chi connectivity index (χ3v) is 3.55. The monoisotopic (exact) mass is 282 g/mol. The van der Waals surface area contributed by atoms with Crippen LogP contribution in [0, 0.1) is 5.82 Å². The van der Waals surface area contributed by atoms with Crippen LogP contribution in [0.5, 0.6) is 0 Å². The zero-order chi connectivity index (χ0) is 13.0. The van der Waals surface area contributed by atoms with Crippen molar-refractivity contribution in [1.82, 2.24) is 0 Å². The molecule has 0 aliphatic carbocycles. The zero-order valence-corrected chi connectivity index (χ0v) is 11.3. The fraction of sp³-hybridized carbons (Fsp3) is 0.200. The fourth-order valence-electron chi connectivity index (χ4n) is 1.90. The Balaban J connectivity index is 2.14. The summed E-state index contributed by atoms with van der Waals surface area (Å²) in [5.41, 5.74) is 2.23. The molecular weight excluding hydrogens is 270 g/mol. The molecule has 0 N–H and O–H groups in total. The van der Waals surface area contributed by atoms with Gasteiger partial charge in [0.25, 0.3) is 0 Å². The second kappa shape index (κ2) is 6.21. The fourth-order valence-corrected chi connectivity index (χ4v) is 2.31. The van der Waals surface area contributed by atoms with E-state index in [1.54, 1.807) is 12.1 Å². The Kier molecular flexibility index (Phi) is 4.62. The van der Waals surface area contributed by atoms with Crippen molar-refractivity contribution >= 4 is 23.2 Å². The van der Waals surface area contributed by atoms with Gasteiger partial charge >= 0.3 is 0 Å². The quantitative estimate of drug-likeness (QED) is 0.689. The molecule has 1 unspecified atom stereocenters. The van der Waals surface area contributed by atoms with Crippen LogP contribution in [0.15, 0.2) is 48.5 Å². The largest absolute Gasteiger partial charge is 0.207 e. The van der Waals surface area contributed by atoms with Crippen LogP contribution in [0.3, 0.4) is 0 Å². The average Bonchev–Trinajstić information content (AvgIpc) is 2.39. The number of halogens is 3. The molecule has 0 bridgehead atoms. The normalized spacial score (nSPS) is 12.4. The van der Waals surface area contributed by atoms with Gasteiger partial charge in [0, 0.05) is 16.8 Å². The lowest BCUT2D eigenvalue weighted by molar-refractivity contribution is 0.625. The highest BCUT2D eigenvalue weighted by atomic mass is 35.5. The van der Waals surface area contributed by atoms with Crippen LogP contribution in [0.25, 0.3) is 0 Å². The Morgan fingerprint density at radius 2 is 1.56 bits per heavy atom. The molecule has 0 fully saturated rings. The van der Waals surface area contributed by atoms with Crippen LogP contribution in [0.2, 0.25) is 5.02 Å². The van der Waals surface area contributed by atoms with Crippen molar-refractivity contribution in [3.63, 3.8) is 0 Å². The molecule has 1 atom stereocenters. The first kappa shape index (κ1) is 13.4. The van der Waals surface area contributed by atoms with Crippen molar-refractivity contribution in [2.75, 3.05) is 5.88 Å². The van der Waals surface area contributed by atoms with E-state index in [1.807, 2.05) is 24.3 Å². The molecule has 2 rings (SSSR count). The standard InChI is InChI=1S/C15H13Cl2F/c16-10-13(12-3-7-15(18)8-4-12)9-11-1-5-14(17)6-2-11/h1-8,13H,9-10H2. The van der Waals surface area contributed by atoms with Gasteiger partial charge in [-0.2, -0.15) is 0 Å². The maximum atomic E-state index is 12.9. The Labute approximate surface area is 116 Å². The average molecular weight is 283 g/mol. The third-order valence-electron chi connectivity index (χ3n) is 2.92. The maximum absolute atomic E-state index is 12.9. The van der Waals surface area contributed by atoms with Crippen LogP contribution < -0.4 is 0 Å². The molecule has 2 aromatic rings. The van der Waals surface area contributed by atoms with Crippen LogP contribution in [0.1, 0.15) is 17.0 Å². The molecule has 0 radical (unpaired) electrons. The van der Waals surface area contributed by atoms with Gasteiger partial charge in [0.2, 0.25) is 0 Å². The first-order chi connectivity index (χ1) is 8.69.